The number of carboxylic acid groups (broad SMARTS) is 1. The average molecular weight is 246 g/mol. The molecular weight excluding hydrogens is 228 g/mol. The van der Waals surface area contributed by atoms with Gasteiger partial charge in [0.25, 0.3) is 0 Å². The van der Waals surface area contributed by atoms with Crippen molar-refractivity contribution < 1.29 is 24.2 Å². The van der Waals surface area contributed by atoms with Crippen molar-refractivity contribution in [1.82, 2.24) is 10.2 Å². The highest BCUT2D eigenvalue weighted by Crippen LogP contribution is 2.10. The third kappa shape index (κ3) is 3.86. The van der Waals surface area contributed by atoms with Gasteiger partial charge in [0, 0.05) is 20.8 Å². The van der Waals surface area contributed by atoms with Crippen molar-refractivity contribution in [3.8, 4) is 0 Å². The van der Waals surface area contributed by atoms with Gasteiger partial charge in [-0.2, -0.15) is 0 Å². The zero-order valence-corrected chi connectivity index (χ0v) is 10.0. The maximum Gasteiger partial charge on any atom is 0.334 e. The molecule has 1 saturated heterocycles. The molecule has 0 aromatic rings. The number of hydrogen-bond donors (Lipinski definition) is 2. The molecule has 0 bridgehead atoms. The van der Waals surface area contributed by atoms with Crippen LogP contribution in [0.5, 0.6) is 0 Å². The lowest BCUT2D eigenvalue weighted by molar-refractivity contribution is -0.148. The van der Waals surface area contributed by atoms with E-state index in [1.165, 1.54) is 12.0 Å². The number of urea groups is 1. The van der Waals surface area contributed by atoms with Crippen LogP contribution >= 0.6 is 0 Å². The lowest BCUT2D eigenvalue weighted by Crippen LogP contribution is -2.47. The van der Waals surface area contributed by atoms with Crippen LogP contribution in [0, 0.1) is 0 Å². The number of carbonyl (C=O) groups excluding carboxylic acids is 1. The molecule has 1 aliphatic heterocycles. The molecule has 1 aliphatic rings. The SMILES string of the molecule is COC(CNC(=O)N(C)C1CCOC1)C(=O)O. The molecule has 7 heteroatoms. The van der Waals surface area contributed by atoms with Gasteiger partial charge in [-0.25, -0.2) is 9.59 Å². The molecule has 1 fully saturated rings. The number of carboxylic acids is 1. The quantitative estimate of drug-likeness (QED) is 0.684. The molecule has 98 valence electrons. The third-order valence-corrected chi connectivity index (χ3v) is 2.77. The van der Waals surface area contributed by atoms with Crippen molar-refractivity contribution in [3.05, 3.63) is 0 Å². The Kier molecular flexibility index (Phi) is 5.17. The number of rotatable bonds is 5. The summed E-state index contributed by atoms with van der Waals surface area (Å²) in [6.07, 6.45) is -0.219. The van der Waals surface area contributed by atoms with E-state index in [2.05, 4.69) is 5.32 Å². The zero-order valence-electron chi connectivity index (χ0n) is 10.0. The van der Waals surface area contributed by atoms with Crippen LogP contribution in [0.3, 0.4) is 0 Å². The lowest BCUT2D eigenvalue weighted by Gasteiger charge is -2.24. The fourth-order valence-electron chi connectivity index (χ4n) is 1.57. The van der Waals surface area contributed by atoms with Crippen LogP contribution < -0.4 is 5.32 Å². The molecule has 2 N–H and O–H groups in total. The second kappa shape index (κ2) is 6.41. The first kappa shape index (κ1) is 13.7. The monoisotopic (exact) mass is 246 g/mol. The molecule has 2 unspecified atom stereocenters. The number of ether oxygens (including phenoxy) is 2. The first-order valence-corrected chi connectivity index (χ1v) is 5.40. The summed E-state index contributed by atoms with van der Waals surface area (Å²) in [5, 5.41) is 11.2. The van der Waals surface area contributed by atoms with E-state index in [0.717, 1.165) is 6.42 Å². The van der Waals surface area contributed by atoms with Gasteiger partial charge in [0.15, 0.2) is 6.10 Å². The summed E-state index contributed by atoms with van der Waals surface area (Å²) in [7, 11) is 2.96. The van der Waals surface area contributed by atoms with Crippen molar-refractivity contribution in [3.63, 3.8) is 0 Å². The second-order valence-corrected chi connectivity index (χ2v) is 3.88. The molecule has 17 heavy (non-hydrogen) atoms. The number of hydrogen-bond acceptors (Lipinski definition) is 4. The Morgan fingerprint density at radius 2 is 2.35 bits per heavy atom. The number of amides is 2. The van der Waals surface area contributed by atoms with Gasteiger partial charge >= 0.3 is 12.0 Å². The number of aliphatic carboxylic acids is 1. The van der Waals surface area contributed by atoms with Crippen molar-refractivity contribution in [2.45, 2.75) is 18.6 Å². The van der Waals surface area contributed by atoms with E-state index in [9.17, 15) is 9.59 Å². The first-order chi connectivity index (χ1) is 8.06. The van der Waals surface area contributed by atoms with Crippen LogP contribution in [0.1, 0.15) is 6.42 Å². The Bertz CT molecular complexity index is 278. The highest BCUT2D eigenvalue weighted by Gasteiger charge is 2.25. The van der Waals surface area contributed by atoms with E-state index in [0.29, 0.717) is 13.2 Å². The number of carbonyl (C=O) groups is 2. The Labute approximate surface area is 99.7 Å². The standard InChI is InChI=1S/C10H18N2O5/c1-12(7-3-4-17-6-7)10(15)11-5-8(16-2)9(13)14/h7-8H,3-6H2,1-2H3,(H,11,15)(H,13,14). The minimum atomic E-state index is -1.10. The number of methoxy groups -OCH3 is 1. The smallest absolute Gasteiger partial charge is 0.334 e. The predicted molar refractivity (Wildman–Crippen MR) is 58.8 cm³/mol. The van der Waals surface area contributed by atoms with Gasteiger partial charge in [-0.3, -0.25) is 0 Å². The molecule has 0 aromatic carbocycles. The summed E-state index contributed by atoms with van der Waals surface area (Å²) in [6, 6.07) is -0.260. The largest absolute Gasteiger partial charge is 0.479 e. The Hall–Kier alpha value is -1.34. The zero-order chi connectivity index (χ0) is 12.8. The first-order valence-electron chi connectivity index (χ1n) is 5.40. The van der Waals surface area contributed by atoms with Gasteiger partial charge in [0.1, 0.15) is 0 Å². The van der Waals surface area contributed by atoms with Crippen LogP contribution in [-0.2, 0) is 14.3 Å². The molecule has 0 aliphatic carbocycles. The van der Waals surface area contributed by atoms with Crippen molar-refractivity contribution in [2.24, 2.45) is 0 Å². The fourth-order valence-corrected chi connectivity index (χ4v) is 1.57. The minimum Gasteiger partial charge on any atom is -0.479 e. The normalized spacial score (nSPS) is 20.9. The summed E-state index contributed by atoms with van der Waals surface area (Å²) in [6.45, 7) is 1.12. The van der Waals surface area contributed by atoms with E-state index in [-0.39, 0.29) is 18.6 Å². The van der Waals surface area contributed by atoms with Crippen molar-refractivity contribution in [1.29, 1.82) is 0 Å². The van der Waals surface area contributed by atoms with Crippen LogP contribution in [-0.4, -0.2) is 68.1 Å². The molecule has 1 heterocycles. The van der Waals surface area contributed by atoms with Crippen LogP contribution in [0.4, 0.5) is 4.79 Å². The Balaban J connectivity index is 2.35. The van der Waals surface area contributed by atoms with Crippen LogP contribution in [0.25, 0.3) is 0 Å². The van der Waals surface area contributed by atoms with E-state index < -0.39 is 12.1 Å². The second-order valence-electron chi connectivity index (χ2n) is 3.88. The van der Waals surface area contributed by atoms with E-state index in [4.69, 9.17) is 14.6 Å². The number of nitrogens with one attached hydrogen (secondary N) is 1. The van der Waals surface area contributed by atoms with Gasteiger partial charge in [-0.05, 0) is 6.42 Å². The summed E-state index contributed by atoms with van der Waals surface area (Å²) < 4.78 is 9.88. The predicted octanol–water partition coefficient (Wildman–Crippen LogP) is -0.484. The molecule has 0 aromatic heterocycles. The topological polar surface area (TPSA) is 88.1 Å². The third-order valence-electron chi connectivity index (χ3n) is 2.77. The molecule has 0 saturated carbocycles. The fraction of sp³-hybridized carbons (Fsp3) is 0.800. The van der Waals surface area contributed by atoms with E-state index in [1.54, 1.807) is 7.05 Å². The van der Waals surface area contributed by atoms with Crippen molar-refractivity contribution >= 4 is 12.0 Å². The molecule has 1 rings (SSSR count). The van der Waals surface area contributed by atoms with Crippen LogP contribution in [0.2, 0.25) is 0 Å². The summed E-state index contributed by atoms with van der Waals surface area (Å²) in [4.78, 5) is 23.9. The molecule has 2 atom stereocenters. The maximum atomic E-state index is 11.7. The Morgan fingerprint density at radius 3 is 2.82 bits per heavy atom. The molecular formula is C10H18N2O5. The van der Waals surface area contributed by atoms with Gasteiger partial charge in [-0.1, -0.05) is 0 Å². The molecule has 0 spiro atoms. The average Bonchev–Trinajstić information content (AvgIpc) is 2.81. The van der Waals surface area contributed by atoms with Gasteiger partial charge < -0.3 is 24.8 Å². The highest BCUT2D eigenvalue weighted by atomic mass is 16.5. The number of likely N-dealkylation sites (N-methyl/N-ethyl adjacent to an activating group) is 1. The molecule has 7 nitrogen and oxygen atoms in total. The van der Waals surface area contributed by atoms with Gasteiger partial charge in [0.2, 0.25) is 0 Å². The summed E-state index contributed by atoms with van der Waals surface area (Å²) in [5.74, 6) is -1.10. The Morgan fingerprint density at radius 1 is 1.65 bits per heavy atom. The summed E-state index contributed by atoms with van der Waals surface area (Å²) >= 11 is 0. The maximum absolute atomic E-state index is 11.7. The molecule has 0 radical (unpaired) electrons. The summed E-state index contributed by atoms with van der Waals surface area (Å²) in [5.41, 5.74) is 0. The minimum absolute atomic E-state index is 0.0530. The van der Waals surface area contributed by atoms with Gasteiger partial charge in [-0.15, -0.1) is 0 Å². The lowest BCUT2D eigenvalue weighted by atomic mass is 10.2. The van der Waals surface area contributed by atoms with E-state index in [1.807, 2.05) is 0 Å². The molecule has 2 amide bonds. The van der Waals surface area contributed by atoms with Gasteiger partial charge in [0.05, 0.1) is 19.2 Å². The van der Waals surface area contributed by atoms with Crippen molar-refractivity contribution in [2.75, 3.05) is 33.9 Å². The van der Waals surface area contributed by atoms with Crippen LogP contribution in [0.15, 0.2) is 0 Å². The van der Waals surface area contributed by atoms with E-state index >= 15 is 0 Å². The number of nitrogens with zero attached hydrogens (tertiary/aromatic N) is 1. The highest BCUT2D eigenvalue weighted by molar-refractivity contribution is 5.77.